The molecule has 0 saturated carbocycles. The summed E-state index contributed by atoms with van der Waals surface area (Å²) in [7, 11) is 0. The SMILES string of the molecule is CCc1cc(C(F)(F)C(F)(F)C(F)(F)C(F)(F)C(F)(F)C(F)(F)C(F)(F)C(F)(F)c2cc(C)c(N)c(CC)c2)cc(C)c1N. The fraction of sp³-hybridized carbons (Fsp3) is 0.538. The van der Waals surface area contributed by atoms with Crippen molar-refractivity contribution in [3.63, 3.8) is 0 Å². The van der Waals surface area contributed by atoms with Crippen molar-refractivity contribution < 1.29 is 70.2 Å². The van der Waals surface area contributed by atoms with E-state index in [4.69, 9.17) is 11.5 Å². The molecule has 250 valence electrons. The highest BCUT2D eigenvalue weighted by atomic mass is 19.4. The molecule has 0 saturated heterocycles. The smallest absolute Gasteiger partial charge is 0.385 e. The van der Waals surface area contributed by atoms with Gasteiger partial charge in [0.2, 0.25) is 0 Å². The molecule has 0 spiro atoms. The highest BCUT2D eigenvalue weighted by Crippen LogP contribution is 2.66. The minimum Gasteiger partial charge on any atom is -0.398 e. The van der Waals surface area contributed by atoms with Crippen LogP contribution in [0.3, 0.4) is 0 Å². The lowest BCUT2D eigenvalue weighted by atomic mass is 9.84. The maximum atomic E-state index is 14.7. The van der Waals surface area contributed by atoms with Gasteiger partial charge in [0.05, 0.1) is 0 Å². The minimum atomic E-state index is -8.52. The molecule has 44 heavy (non-hydrogen) atoms. The van der Waals surface area contributed by atoms with Gasteiger partial charge in [0.1, 0.15) is 0 Å². The molecule has 2 aromatic carbocycles. The molecule has 0 aliphatic rings. The quantitative estimate of drug-likeness (QED) is 0.185. The number of hydrogen-bond acceptors (Lipinski definition) is 2. The molecular formula is C26H24F16N2. The zero-order valence-electron chi connectivity index (χ0n) is 22.9. The van der Waals surface area contributed by atoms with Crippen LogP contribution in [-0.2, 0) is 24.7 Å². The third-order valence-corrected chi connectivity index (χ3v) is 7.19. The van der Waals surface area contributed by atoms with Crippen LogP contribution in [0.15, 0.2) is 24.3 Å². The highest BCUT2D eigenvalue weighted by Gasteiger charge is 2.95. The molecule has 0 aliphatic heterocycles. The number of alkyl halides is 16. The van der Waals surface area contributed by atoms with Crippen molar-refractivity contribution in [1.29, 1.82) is 0 Å². The fourth-order valence-corrected chi connectivity index (χ4v) is 4.24. The maximum absolute atomic E-state index is 14.7. The summed E-state index contributed by atoms with van der Waals surface area (Å²) in [4.78, 5) is 0. The van der Waals surface area contributed by atoms with Crippen LogP contribution in [-0.4, -0.2) is 35.5 Å². The Morgan fingerprint density at radius 1 is 0.432 bits per heavy atom. The van der Waals surface area contributed by atoms with E-state index in [1.165, 1.54) is 13.8 Å². The van der Waals surface area contributed by atoms with Crippen molar-refractivity contribution in [2.24, 2.45) is 0 Å². The number of nitrogen functional groups attached to an aromatic ring is 2. The van der Waals surface area contributed by atoms with E-state index in [-0.39, 0.29) is 48.5 Å². The monoisotopic (exact) mass is 668 g/mol. The average Bonchev–Trinajstić information content (AvgIpc) is 2.90. The highest BCUT2D eigenvalue weighted by molar-refractivity contribution is 5.57. The van der Waals surface area contributed by atoms with Crippen LogP contribution >= 0.6 is 0 Å². The summed E-state index contributed by atoms with van der Waals surface area (Å²) in [6.07, 6.45) is -0.675. The molecule has 0 amide bonds. The van der Waals surface area contributed by atoms with Gasteiger partial charge in [-0.3, -0.25) is 0 Å². The Balaban J connectivity index is 2.75. The molecule has 0 atom stereocenters. The van der Waals surface area contributed by atoms with E-state index < -0.39 is 80.8 Å². The molecule has 2 rings (SSSR count). The summed E-state index contributed by atoms with van der Waals surface area (Å²) in [6, 6.07) is 0.00460. The molecule has 0 heterocycles. The average molecular weight is 668 g/mol. The zero-order valence-corrected chi connectivity index (χ0v) is 22.9. The lowest BCUT2D eigenvalue weighted by molar-refractivity contribution is -0.456. The van der Waals surface area contributed by atoms with Gasteiger partial charge in [0.25, 0.3) is 0 Å². The first kappa shape index (κ1) is 37.1. The Morgan fingerprint density at radius 3 is 0.886 bits per heavy atom. The summed E-state index contributed by atoms with van der Waals surface area (Å²) < 4.78 is 233. The first-order valence-electron chi connectivity index (χ1n) is 12.3. The number of anilines is 2. The Bertz CT molecular complexity index is 1290. The van der Waals surface area contributed by atoms with Crippen molar-refractivity contribution in [2.45, 2.75) is 87.9 Å². The number of benzene rings is 2. The van der Waals surface area contributed by atoms with Crippen molar-refractivity contribution in [1.82, 2.24) is 0 Å². The van der Waals surface area contributed by atoms with E-state index >= 15 is 0 Å². The molecule has 2 nitrogen and oxygen atoms in total. The number of halogens is 16. The van der Waals surface area contributed by atoms with Gasteiger partial charge in [-0.25, -0.2) is 0 Å². The second kappa shape index (κ2) is 10.8. The molecule has 0 unspecified atom stereocenters. The Labute approximate surface area is 239 Å². The molecule has 4 N–H and O–H groups in total. The summed E-state index contributed by atoms with van der Waals surface area (Å²) in [5.41, 5.74) is 4.01. The minimum absolute atomic E-state index is 0.0166. The van der Waals surface area contributed by atoms with Crippen LogP contribution in [0.25, 0.3) is 0 Å². The van der Waals surface area contributed by atoms with Crippen LogP contribution in [0.5, 0.6) is 0 Å². The second-order valence-corrected chi connectivity index (χ2v) is 10.0. The van der Waals surface area contributed by atoms with Gasteiger partial charge in [-0.1, -0.05) is 13.8 Å². The molecule has 0 aromatic heterocycles. The van der Waals surface area contributed by atoms with Gasteiger partial charge >= 0.3 is 47.4 Å². The Morgan fingerprint density at radius 2 is 0.659 bits per heavy atom. The first-order valence-corrected chi connectivity index (χ1v) is 12.3. The van der Waals surface area contributed by atoms with Crippen LogP contribution in [0.1, 0.15) is 47.2 Å². The van der Waals surface area contributed by atoms with Gasteiger partial charge in [-0.05, 0) is 73.2 Å². The number of nitrogens with two attached hydrogens (primary N) is 2. The molecule has 0 radical (unpaired) electrons. The third kappa shape index (κ3) is 4.81. The first-order chi connectivity index (χ1) is 19.5. The molecule has 0 fully saturated rings. The van der Waals surface area contributed by atoms with E-state index in [1.54, 1.807) is 0 Å². The lowest BCUT2D eigenvalue weighted by Gasteiger charge is -2.44. The van der Waals surface area contributed by atoms with Crippen molar-refractivity contribution in [3.8, 4) is 0 Å². The Hall–Kier alpha value is -3.08. The van der Waals surface area contributed by atoms with Crippen LogP contribution in [0, 0.1) is 13.8 Å². The van der Waals surface area contributed by atoms with E-state index in [0.717, 1.165) is 13.8 Å². The predicted molar refractivity (Wildman–Crippen MR) is 127 cm³/mol. The summed E-state index contributed by atoms with van der Waals surface area (Å²) in [5, 5.41) is 0. The largest absolute Gasteiger partial charge is 0.398 e. The van der Waals surface area contributed by atoms with Gasteiger partial charge in [0.15, 0.2) is 0 Å². The van der Waals surface area contributed by atoms with Crippen LogP contribution in [0.2, 0.25) is 0 Å². The van der Waals surface area contributed by atoms with Crippen molar-refractivity contribution in [3.05, 3.63) is 57.6 Å². The third-order valence-electron chi connectivity index (χ3n) is 7.19. The summed E-state index contributed by atoms with van der Waals surface area (Å²) in [5.74, 6) is -62.2. The van der Waals surface area contributed by atoms with Gasteiger partial charge in [-0.15, -0.1) is 0 Å². The van der Waals surface area contributed by atoms with Gasteiger partial charge < -0.3 is 11.5 Å². The standard InChI is InChI=1S/C26H24F16N2/c1-5-13-9-15(7-11(3)17(13)43)19(27,28)21(31,32)23(35,36)25(39,40)26(41,42)24(37,38)22(33,34)20(29,30)16-8-12(4)18(44)14(6-2)10-16/h7-10H,5-6,43-44H2,1-4H3. The predicted octanol–water partition coefficient (Wildman–Crippen LogP) is 9.29. The van der Waals surface area contributed by atoms with Gasteiger partial charge in [-0.2, -0.15) is 70.2 Å². The van der Waals surface area contributed by atoms with E-state index in [0.29, 0.717) is 0 Å². The van der Waals surface area contributed by atoms with E-state index in [1.807, 2.05) is 0 Å². The second-order valence-electron chi connectivity index (χ2n) is 10.0. The summed E-state index contributed by atoms with van der Waals surface area (Å²) in [6.45, 7) is 4.15. The van der Waals surface area contributed by atoms with Crippen LogP contribution < -0.4 is 11.5 Å². The molecular weight excluding hydrogens is 644 g/mol. The topological polar surface area (TPSA) is 52.0 Å². The lowest BCUT2D eigenvalue weighted by Crippen LogP contribution is -2.74. The number of aryl methyl sites for hydroxylation is 4. The zero-order chi connectivity index (χ0) is 34.9. The molecule has 18 heteroatoms. The Kier molecular flexibility index (Phi) is 9.09. The van der Waals surface area contributed by atoms with Gasteiger partial charge in [0, 0.05) is 22.5 Å². The number of rotatable bonds is 11. The van der Waals surface area contributed by atoms with E-state index in [2.05, 4.69) is 0 Å². The van der Waals surface area contributed by atoms with Crippen molar-refractivity contribution in [2.75, 3.05) is 11.5 Å². The molecule has 0 aliphatic carbocycles. The van der Waals surface area contributed by atoms with Crippen LogP contribution in [0.4, 0.5) is 81.6 Å². The van der Waals surface area contributed by atoms with E-state index in [9.17, 15) is 70.2 Å². The van der Waals surface area contributed by atoms with Crippen molar-refractivity contribution >= 4 is 11.4 Å². The normalized spacial score (nSPS) is 14.7. The molecule has 0 bridgehead atoms. The fourth-order valence-electron chi connectivity index (χ4n) is 4.24. The number of hydrogen-bond donors (Lipinski definition) is 2. The molecule has 2 aromatic rings. The maximum Gasteiger partial charge on any atom is 0.385 e. The summed E-state index contributed by atoms with van der Waals surface area (Å²) >= 11 is 0.